The SMILES string of the molecule is CC(C[C@@H]1CC[C@H](c2cc(NC(=O)c3cncn3C)n[nH]2)C1)NC(=O)O. The molecule has 4 N–H and O–H groups in total. The highest BCUT2D eigenvalue weighted by molar-refractivity contribution is 6.02. The minimum absolute atomic E-state index is 0.0493. The largest absolute Gasteiger partial charge is 0.465 e. The maximum absolute atomic E-state index is 12.2. The Morgan fingerprint density at radius 3 is 2.96 bits per heavy atom. The molecule has 1 aliphatic carbocycles. The highest BCUT2D eigenvalue weighted by Crippen LogP contribution is 2.40. The Morgan fingerprint density at radius 1 is 1.46 bits per heavy atom. The molecule has 9 heteroatoms. The van der Waals surface area contributed by atoms with Crippen LogP contribution in [-0.2, 0) is 7.05 Å². The van der Waals surface area contributed by atoms with E-state index in [0.29, 0.717) is 23.3 Å². The lowest BCUT2D eigenvalue weighted by Gasteiger charge is -2.16. The van der Waals surface area contributed by atoms with Crippen LogP contribution >= 0.6 is 0 Å². The molecule has 1 fully saturated rings. The highest BCUT2D eigenvalue weighted by atomic mass is 16.4. The van der Waals surface area contributed by atoms with Crippen molar-refractivity contribution in [2.75, 3.05) is 5.32 Å². The second kappa shape index (κ2) is 7.59. The molecular formula is C17H24N6O3. The summed E-state index contributed by atoms with van der Waals surface area (Å²) in [6.45, 7) is 1.89. The molecule has 2 amide bonds. The number of aromatic nitrogens is 4. The van der Waals surface area contributed by atoms with Gasteiger partial charge >= 0.3 is 6.09 Å². The summed E-state index contributed by atoms with van der Waals surface area (Å²) in [5, 5.41) is 21.3. The monoisotopic (exact) mass is 360 g/mol. The van der Waals surface area contributed by atoms with E-state index >= 15 is 0 Å². The molecule has 0 radical (unpaired) electrons. The zero-order chi connectivity index (χ0) is 18.7. The number of H-pyrrole nitrogens is 1. The molecule has 2 heterocycles. The van der Waals surface area contributed by atoms with E-state index in [0.717, 1.165) is 31.4 Å². The third kappa shape index (κ3) is 4.22. The van der Waals surface area contributed by atoms with Gasteiger partial charge in [0.25, 0.3) is 5.91 Å². The number of carbonyl (C=O) groups excluding carboxylic acids is 1. The number of rotatable bonds is 6. The van der Waals surface area contributed by atoms with E-state index in [1.165, 1.54) is 6.20 Å². The van der Waals surface area contributed by atoms with Gasteiger partial charge in [0.05, 0.1) is 12.5 Å². The lowest BCUT2D eigenvalue weighted by Crippen LogP contribution is -2.32. The summed E-state index contributed by atoms with van der Waals surface area (Å²) < 4.78 is 1.65. The summed E-state index contributed by atoms with van der Waals surface area (Å²) in [6.07, 6.45) is 6.02. The minimum Gasteiger partial charge on any atom is -0.465 e. The first-order valence-electron chi connectivity index (χ1n) is 8.74. The number of hydrogen-bond donors (Lipinski definition) is 4. The zero-order valence-corrected chi connectivity index (χ0v) is 14.9. The average Bonchev–Trinajstić information content (AvgIpc) is 3.27. The van der Waals surface area contributed by atoms with Crippen molar-refractivity contribution in [2.45, 2.75) is 44.6 Å². The van der Waals surface area contributed by atoms with Crippen molar-refractivity contribution in [3.63, 3.8) is 0 Å². The predicted octanol–water partition coefficient (Wildman–Crippen LogP) is 2.33. The number of nitrogens with one attached hydrogen (secondary N) is 3. The fourth-order valence-electron chi connectivity index (χ4n) is 3.71. The number of imidazole rings is 1. The number of aryl methyl sites for hydroxylation is 1. The fourth-order valence-corrected chi connectivity index (χ4v) is 3.71. The van der Waals surface area contributed by atoms with Crippen molar-refractivity contribution in [1.82, 2.24) is 25.1 Å². The molecule has 9 nitrogen and oxygen atoms in total. The van der Waals surface area contributed by atoms with Crippen molar-refractivity contribution in [3.05, 3.63) is 30.0 Å². The number of nitrogens with zero attached hydrogens (tertiary/aromatic N) is 3. The van der Waals surface area contributed by atoms with Crippen LogP contribution in [0.25, 0.3) is 0 Å². The molecule has 0 bridgehead atoms. The van der Waals surface area contributed by atoms with Crippen LogP contribution in [0.1, 0.15) is 54.7 Å². The Kier molecular flexibility index (Phi) is 5.24. The van der Waals surface area contributed by atoms with E-state index in [-0.39, 0.29) is 11.9 Å². The maximum atomic E-state index is 12.2. The molecule has 1 aliphatic rings. The normalized spacial score (nSPS) is 20.7. The molecule has 140 valence electrons. The predicted molar refractivity (Wildman–Crippen MR) is 95.1 cm³/mol. The zero-order valence-electron chi connectivity index (χ0n) is 14.9. The highest BCUT2D eigenvalue weighted by Gasteiger charge is 2.28. The van der Waals surface area contributed by atoms with Gasteiger partial charge in [0.2, 0.25) is 0 Å². The number of carboxylic acid groups (broad SMARTS) is 1. The van der Waals surface area contributed by atoms with Gasteiger partial charge in [-0.25, -0.2) is 9.78 Å². The van der Waals surface area contributed by atoms with Crippen molar-refractivity contribution >= 4 is 17.8 Å². The lowest BCUT2D eigenvalue weighted by molar-refractivity contribution is 0.101. The molecule has 1 saturated carbocycles. The van der Waals surface area contributed by atoms with Crippen molar-refractivity contribution in [3.8, 4) is 0 Å². The van der Waals surface area contributed by atoms with E-state index in [1.54, 1.807) is 17.9 Å². The van der Waals surface area contributed by atoms with Gasteiger partial charge in [-0.15, -0.1) is 0 Å². The van der Waals surface area contributed by atoms with Crippen LogP contribution < -0.4 is 10.6 Å². The van der Waals surface area contributed by atoms with Crippen molar-refractivity contribution < 1.29 is 14.7 Å². The molecule has 3 atom stereocenters. The molecule has 0 spiro atoms. The van der Waals surface area contributed by atoms with E-state index in [4.69, 9.17) is 5.11 Å². The second-order valence-electron chi connectivity index (χ2n) is 7.01. The Labute approximate surface area is 151 Å². The molecule has 3 rings (SSSR count). The Balaban J connectivity index is 1.54. The van der Waals surface area contributed by atoms with Crippen LogP contribution in [0.5, 0.6) is 0 Å². The van der Waals surface area contributed by atoms with E-state index in [1.807, 2.05) is 13.0 Å². The number of aromatic amines is 1. The topological polar surface area (TPSA) is 125 Å². The summed E-state index contributed by atoms with van der Waals surface area (Å²) in [5.74, 6) is 1.08. The summed E-state index contributed by atoms with van der Waals surface area (Å²) in [4.78, 5) is 26.8. The smallest absolute Gasteiger partial charge is 0.404 e. The van der Waals surface area contributed by atoms with Gasteiger partial charge in [-0.05, 0) is 38.5 Å². The van der Waals surface area contributed by atoms with Gasteiger partial charge in [0, 0.05) is 30.8 Å². The Hall–Kier alpha value is -2.84. The van der Waals surface area contributed by atoms with Gasteiger partial charge in [-0.2, -0.15) is 5.10 Å². The first-order chi connectivity index (χ1) is 12.4. The molecule has 0 aromatic carbocycles. The summed E-state index contributed by atoms with van der Waals surface area (Å²) in [6, 6.07) is 1.83. The molecule has 2 aromatic heterocycles. The van der Waals surface area contributed by atoms with Crippen molar-refractivity contribution in [2.24, 2.45) is 13.0 Å². The van der Waals surface area contributed by atoms with Crippen LogP contribution in [0.3, 0.4) is 0 Å². The van der Waals surface area contributed by atoms with Crippen molar-refractivity contribution in [1.29, 1.82) is 0 Å². The van der Waals surface area contributed by atoms with Crippen LogP contribution in [0.2, 0.25) is 0 Å². The van der Waals surface area contributed by atoms with Gasteiger partial charge in [-0.3, -0.25) is 9.89 Å². The quantitative estimate of drug-likeness (QED) is 0.629. The number of carbonyl (C=O) groups is 2. The first-order valence-corrected chi connectivity index (χ1v) is 8.74. The summed E-state index contributed by atoms with van der Waals surface area (Å²) >= 11 is 0. The third-order valence-corrected chi connectivity index (χ3v) is 4.93. The molecule has 2 aromatic rings. The van der Waals surface area contributed by atoms with Gasteiger partial charge < -0.3 is 20.3 Å². The standard InChI is InChI=1S/C17H24N6O3/c1-10(19-17(25)26)5-11-3-4-12(6-11)13-7-15(22-21-13)20-16(24)14-8-18-9-23(14)2/h7-12,19H,3-6H2,1-2H3,(H,25,26)(H2,20,21,22,24)/t10?,11-,12-/m0/s1. The van der Waals surface area contributed by atoms with E-state index in [2.05, 4.69) is 25.8 Å². The van der Waals surface area contributed by atoms with Crippen LogP contribution in [0, 0.1) is 5.92 Å². The van der Waals surface area contributed by atoms with Gasteiger partial charge in [0.1, 0.15) is 5.69 Å². The number of amides is 2. The Morgan fingerprint density at radius 2 is 2.27 bits per heavy atom. The molecule has 0 aliphatic heterocycles. The minimum atomic E-state index is -0.977. The first kappa shape index (κ1) is 18.0. The second-order valence-corrected chi connectivity index (χ2v) is 7.01. The van der Waals surface area contributed by atoms with E-state index < -0.39 is 6.09 Å². The van der Waals surface area contributed by atoms with Crippen LogP contribution in [-0.4, -0.2) is 42.9 Å². The summed E-state index contributed by atoms with van der Waals surface area (Å²) in [5.41, 5.74) is 1.47. The van der Waals surface area contributed by atoms with Crippen LogP contribution in [0.15, 0.2) is 18.6 Å². The fraction of sp³-hybridized carbons (Fsp3) is 0.529. The van der Waals surface area contributed by atoms with Gasteiger partial charge in [0.15, 0.2) is 5.82 Å². The number of anilines is 1. The maximum Gasteiger partial charge on any atom is 0.404 e. The Bertz CT molecular complexity index is 783. The molecule has 1 unspecified atom stereocenters. The van der Waals surface area contributed by atoms with E-state index in [9.17, 15) is 9.59 Å². The average molecular weight is 360 g/mol. The van der Waals surface area contributed by atoms with Gasteiger partial charge in [-0.1, -0.05) is 0 Å². The molecule has 0 saturated heterocycles. The molecular weight excluding hydrogens is 336 g/mol. The summed E-state index contributed by atoms with van der Waals surface area (Å²) in [7, 11) is 1.76. The lowest BCUT2D eigenvalue weighted by atomic mass is 9.96. The molecule has 26 heavy (non-hydrogen) atoms. The van der Waals surface area contributed by atoms with Crippen LogP contribution in [0.4, 0.5) is 10.6 Å². The third-order valence-electron chi connectivity index (χ3n) is 4.93. The number of hydrogen-bond acceptors (Lipinski definition) is 4.